The van der Waals surface area contributed by atoms with Crippen LogP contribution in [0, 0.1) is 6.92 Å². The van der Waals surface area contributed by atoms with E-state index in [1.165, 1.54) is 48.5 Å². The van der Waals surface area contributed by atoms with E-state index in [9.17, 15) is 0 Å². The van der Waals surface area contributed by atoms with Crippen molar-refractivity contribution in [2.24, 2.45) is 0 Å². The molecule has 1 aromatic rings. The molecular weight excluding hydrogens is 184 g/mol. The summed E-state index contributed by atoms with van der Waals surface area (Å²) in [6.45, 7) is 7.42. The van der Waals surface area contributed by atoms with Crippen LogP contribution in [0.25, 0.3) is 0 Å². The van der Waals surface area contributed by atoms with Gasteiger partial charge in [-0.15, -0.1) is 0 Å². The van der Waals surface area contributed by atoms with Gasteiger partial charge >= 0.3 is 0 Å². The molecule has 2 heteroatoms. The number of hydrogen-bond donors (Lipinski definition) is 0. The number of aryl methyl sites for hydroxylation is 2. The van der Waals surface area contributed by atoms with Crippen molar-refractivity contribution in [2.75, 3.05) is 0 Å². The fourth-order valence-corrected chi connectivity index (χ4v) is 2.25. The summed E-state index contributed by atoms with van der Waals surface area (Å²) in [6, 6.07) is 0. The number of rotatable bonds is 2. The molecule has 0 saturated heterocycles. The topological polar surface area (TPSA) is 17.8 Å². The predicted molar refractivity (Wildman–Crippen MR) is 63.0 cm³/mol. The number of aromatic nitrogens is 2. The van der Waals surface area contributed by atoms with Crippen LogP contribution < -0.4 is 0 Å². The third-order valence-corrected chi connectivity index (χ3v) is 3.11. The number of imidazole rings is 1. The number of fused-ring (bicyclic) bond motifs is 1. The minimum Gasteiger partial charge on any atom is -0.328 e. The molecule has 0 aliphatic heterocycles. The molecule has 15 heavy (non-hydrogen) atoms. The largest absolute Gasteiger partial charge is 0.328 e. The normalized spacial score (nSPS) is 14.9. The third-order valence-electron chi connectivity index (χ3n) is 3.11. The van der Waals surface area contributed by atoms with Crippen LogP contribution in [-0.2, 0) is 19.4 Å². The van der Waals surface area contributed by atoms with E-state index in [1.54, 1.807) is 0 Å². The summed E-state index contributed by atoms with van der Waals surface area (Å²) in [5.74, 6) is 1.18. The number of nitrogens with zero attached hydrogens (tertiary/aromatic N) is 2. The second-order valence-corrected chi connectivity index (χ2v) is 4.65. The first-order chi connectivity index (χ1) is 7.18. The lowest BCUT2D eigenvalue weighted by atomic mass is 10.0. The van der Waals surface area contributed by atoms with Gasteiger partial charge in [-0.1, -0.05) is 11.6 Å². The van der Waals surface area contributed by atoms with Crippen LogP contribution in [0.5, 0.6) is 0 Å². The van der Waals surface area contributed by atoms with E-state index in [-0.39, 0.29) is 0 Å². The number of hydrogen-bond acceptors (Lipinski definition) is 1. The van der Waals surface area contributed by atoms with Gasteiger partial charge in [0.15, 0.2) is 0 Å². The SMILES string of the molecule is CC(C)=CCn1c(C)nc2c1CCCC2. The summed E-state index contributed by atoms with van der Waals surface area (Å²) >= 11 is 0. The average Bonchev–Trinajstić information content (AvgIpc) is 2.50. The quantitative estimate of drug-likeness (QED) is 0.677. The second kappa shape index (κ2) is 4.21. The standard InChI is InChI=1S/C13H20N2/c1-10(2)8-9-15-11(3)14-12-6-4-5-7-13(12)15/h8H,4-7,9H2,1-3H3. The Morgan fingerprint density at radius 3 is 2.80 bits per heavy atom. The first-order valence-corrected chi connectivity index (χ1v) is 5.86. The van der Waals surface area contributed by atoms with Gasteiger partial charge in [-0.05, 0) is 46.5 Å². The molecule has 82 valence electrons. The molecule has 1 heterocycles. The lowest BCUT2D eigenvalue weighted by Gasteiger charge is -2.13. The molecule has 0 spiro atoms. The minimum absolute atomic E-state index is 0.997. The first-order valence-electron chi connectivity index (χ1n) is 5.86. The molecule has 1 aliphatic rings. The maximum Gasteiger partial charge on any atom is 0.106 e. The molecule has 2 nitrogen and oxygen atoms in total. The molecule has 1 aliphatic carbocycles. The van der Waals surface area contributed by atoms with E-state index in [0.717, 1.165) is 6.54 Å². The smallest absolute Gasteiger partial charge is 0.106 e. The van der Waals surface area contributed by atoms with Crippen molar-refractivity contribution >= 4 is 0 Å². The summed E-state index contributed by atoms with van der Waals surface area (Å²) in [5, 5.41) is 0. The van der Waals surface area contributed by atoms with Crippen LogP contribution >= 0.6 is 0 Å². The van der Waals surface area contributed by atoms with Gasteiger partial charge in [0.25, 0.3) is 0 Å². The molecule has 0 amide bonds. The van der Waals surface area contributed by atoms with E-state index in [4.69, 9.17) is 0 Å². The van der Waals surface area contributed by atoms with Crippen molar-refractivity contribution in [1.82, 2.24) is 9.55 Å². The fourth-order valence-electron chi connectivity index (χ4n) is 2.25. The van der Waals surface area contributed by atoms with Gasteiger partial charge in [-0.2, -0.15) is 0 Å². The maximum atomic E-state index is 4.66. The molecule has 0 aromatic carbocycles. The van der Waals surface area contributed by atoms with Gasteiger partial charge in [0.05, 0.1) is 5.69 Å². The molecule has 0 atom stereocenters. The van der Waals surface area contributed by atoms with Crippen molar-refractivity contribution in [3.05, 3.63) is 28.9 Å². The monoisotopic (exact) mass is 204 g/mol. The molecule has 0 fully saturated rings. The zero-order valence-corrected chi connectivity index (χ0v) is 10.0. The predicted octanol–water partition coefficient (Wildman–Crippen LogP) is 3.04. The highest BCUT2D eigenvalue weighted by Crippen LogP contribution is 2.22. The first kappa shape index (κ1) is 10.5. The Hall–Kier alpha value is -1.05. The van der Waals surface area contributed by atoms with Crippen molar-refractivity contribution in [1.29, 1.82) is 0 Å². The molecule has 2 rings (SSSR count). The summed E-state index contributed by atoms with van der Waals surface area (Å²) < 4.78 is 2.38. The van der Waals surface area contributed by atoms with Gasteiger partial charge in [-0.25, -0.2) is 4.98 Å². The zero-order valence-electron chi connectivity index (χ0n) is 10.0. The Kier molecular flexibility index (Phi) is 2.94. The van der Waals surface area contributed by atoms with Crippen molar-refractivity contribution < 1.29 is 0 Å². The summed E-state index contributed by atoms with van der Waals surface area (Å²) in [5.41, 5.74) is 4.21. The number of allylic oxidation sites excluding steroid dienone is 2. The van der Waals surface area contributed by atoms with Gasteiger partial charge in [-0.3, -0.25) is 0 Å². The summed E-state index contributed by atoms with van der Waals surface area (Å²) in [4.78, 5) is 4.66. The molecule has 0 saturated carbocycles. The lowest BCUT2D eigenvalue weighted by Crippen LogP contribution is -2.08. The van der Waals surface area contributed by atoms with Crippen LogP contribution in [0.15, 0.2) is 11.6 Å². The fraction of sp³-hybridized carbons (Fsp3) is 0.615. The van der Waals surface area contributed by atoms with Crippen molar-refractivity contribution in [3.63, 3.8) is 0 Å². The second-order valence-electron chi connectivity index (χ2n) is 4.65. The average molecular weight is 204 g/mol. The van der Waals surface area contributed by atoms with Gasteiger partial charge in [0.1, 0.15) is 5.82 Å². The molecule has 0 bridgehead atoms. The maximum absolute atomic E-state index is 4.66. The van der Waals surface area contributed by atoms with Gasteiger partial charge in [0.2, 0.25) is 0 Å². The Morgan fingerprint density at radius 1 is 1.33 bits per heavy atom. The third kappa shape index (κ3) is 2.14. The highest BCUT2D eigenvalue weighted by atomic mass is 15.1. The highest BCUT2D eigenvalue weighted by Gasteiger charge is 2.16. The van der Waals surface area contributed by atoms with E-state index in [2.05, 4.69) is 36.4 Å². The Morgan fingerprint density at radius 2 is 2.07 bits per heavy atom. The zero-order chi connectivity index (χ0) is 10.8. The highest BCUT2D eigenvalue weighted by molar-refractivity contribution is 5.20. The lowest BCUT2D eigenvalue weighted by molar-refractivity contribution is 0.627. The van der Waals surface area contributed by atoms with Crippen LogP contribution in [0.1, 0.15) is 43.9 Å². The van der Waals surface area contributed by atoms with E-state index < -0.39 is 0 Å². The van der Waals surface area contributed by atoms with E-state index in [1.807, 2.05) is 0 Å². The summed E-state index contributed by atoms with van der Waals surface area (Å²) in [6.07, 6.45) is 7.31. The van der Waals surface area contributed by atoms with Crippen molar-refractivity contribution in [3.8, 4) is 0 Å². The van der Waals surface area contributed by atoms with Crippen LogP contribution in [-0.4, -0.2) is 9.55 Å². The summed E-state index contributed by atoms with van der Waals surface area (Å²) in [7, 11) is 0. The minimum atomic E-state index is 0.997. The Balaban J connectivity index is 2.29. The van der Waals surface area contributed by atoms with Crippen LogP contribution in [0.4, 0.5) is 0 Å². The van der Waals surface area contributed by atoms with Gasteiger partial charge < -0.3 is 4.57 Å². The molecule has 1 aromatic heterocycles. The van der Waals surface area contributed by atoms with Crippen molar-refractivity contribution in [2.45, 2.75) is 53.0 Å². The van der Waals surface area contributed by atoms with Crippen LogP contribution in [0.2, 0.25) is 0 Å². The Labute approximate surface area is 92.0 Å². The molecular formula is C13H20N2. The van der Waals surface area contributed by atoms with E-state index in [0.29, 0.717) is 0 Å². The van der Waals surface area contributed by atoms with Gasteiger partial charge in [0, 0.05) is 12.2 Å². The van der Waals surface area contributed by atoms with Crippen LogP contribution in [0.3, 0.4) is 0 Å². The Bertz CT molecular complexity index is 381. The molecule has 0 unspecified atom stereocenters. The molecule has 0 radical (unpaired) electrons. The van der Waals surface area contributed by atoms with E-state index >= 15 is 0 Å². The molecule has 0 N–H and O–H groups in total.